The Hall–Kier alpha value is -3.47. The minimum absolute atomic E-state index is 0.0950. The summed E-state index contributed by atoms with van der Waals surface area (Å²) in [6.45, 7) is 2.12. The van der Waals surface area contributed by atoms with Crippen LogP contribution in [-0.2, 0) is 0 Å². The van der Waals surface area contributed by atoms with Gasteiger partial charge in [0, 0.05) is 28.4 Å². The summed E-state index contributed by atoms with van der Waals surface area (Å²) in [6, 6.07) is 16.6. The normalized spacial score (nSPS) is 11.7. The molecule has 0 aliphatic heterocycles. The van der Waals surface area contributed by atoms with Gasteiger partial charge in [0.25, 0.3) is 5.91 Å². The zero-order chi connectivity index (χ0) is 19.0. The van der Waals surface area contributed by atoms with Crippen LogP contribution >= 0.6 is 0 Å². The van der Waals surface area contributed by atoms with E-state index in [9.17, 15) is 14.0 Å². The van der Waals surface area contributed by atoms with Gasteiger partial charge in [-0.25, -0.2) is 4.39 Å². The first kappa shape index (κ1) is 17.0. The van der Waals surface area contributed by atoms with E-state index in [1.54, 1.807) is 37.3 Å². The molecular formula is C22H16FNO3. The molecule has 0 aromatic heterocycles. The Labute approximate surface area is 155 Å². The molecule has 0 atom stereocenters. The second kappa shape index (κ2) is 6.68. The van der Waals surface area contributed by atoms with Gasteiger partial charge in [-0.1, -0.05) is 30.3 Å². The minimum atomic E-state index is -0.547. The molecule has 1 N–H and O–H groups in total. The van der Waals surface area contributed by atoms with Gasteiger partial charge in [0.2, 0.25) is 0 Å². The van der Waals surface area contributed by atoms with Gasteiger partial charge in [0.15, 0.2) is 17.3 Å². The van der Waals surface area contributed by atoms with Crippen molar-refractivity contribution in [3.8, 4) is 16.9 Å². The topological polar surface area (TPSA) is 55.4 Å². The number of ketones is 1. The van der Waals surface area contributed by atoms with Crippen LogP contribution in [0.4, 0.5) is 10.1 Å². The molecule has 0 bridgehead atoms. The average molecular weight is 361 g/mol. The lowest BCUT2D eigenvalue weighted by Gasteiger charge is -2.09. The molecule has 1 aliphatic carbocycles. The molecule has 0 spiro atoms. The van der Waals surface area contributed by atoms with E-state index in [1.165, 1.54) is 12.1 Å². The van der Waals surface area contributed by atoms with Crippen molar-refractivity contribution in [2.75, 3.05) is 11.9 Å². The fourth-order valence-electron chi connectivity index (χ4n) is 3.22. The SMILES string of the molecule is CCOc1ccc(NC(=O)c2ccc3c(c2)C(=O)c2ccccc2-3)cc1F. The van der Waals surface area contributed by atoms with Crippen molar-refractivity contribution in [2.45, 2.75) is 6.92 Å². The largest absolute Gasteiger partial charge is 0.491 e. The lowest BCUT2D eigenvalue weighted by Crippen LogP contribution is -2.13. The fourth-order valence-corrected chi connectivity index (χ4v) is 3.22. The van der Waals surface area contributed by atoms with Gasteiger partial charge >= 0.3 is 0 Å². The summed E-state index contributed by atoms with van der Waals surface area (Å²) in [7, 11) is 0. The van der Waals surface area contributed by atoms with Gasteiger partial charge in [0.1, 0.15) is 0 Å². The van der Waals surface area contributed by atoms with Crippen molar-refractivity contribution in [3.05, 3.63) is 83.2 Å². The van der Waals surface area contributed by atoms with Gasteiger partial charge < -0.3 is 10.1 Å². The first-order chi connectivity index (χ1) is 13.1. The van der Waals surface area contributed by atoms with Crippen LogP contribution in [0.25, 0.3) is 11.1 Å². The Morgan fingerprint density at radius 3 is 2.44 bits per heavy atom. The maximum Gasteiger partial charge on any atom is 0.255 e. The molecule has 4 nitrogen and oxygen atoms in total. The highest BCUT2D eigenvalue weighted by Crippen LogP contribution is 2.36. The molecule has 0 heterocycles. The van der Waals surface area contributed by atoms with E-state index in [0.717, 1.165) is 11.1 Å². The number of fused-ring (bicyclic) bond motifs is 3. The number of rotatable bonds is 4. The smallest absolute Gasteiger partial charge is 0.255 e. The molecule has 3 aromatic carbocycles. The third-order valence-electron chi connectivity index (χ3n) is 4.48. The van der Waals surface area contributed by atoms with Crippen LogP contribution in [0.1, 0.15) is 33.2 Å². The van der Waals surface area contributed by atoms with Gasteiger partial charge in [-0.2, -0.15) is 0 Å². The van der Waals surface area contributed by atoms with E-state index in [4.69, 9.17) is 4.74 Å². The molecule has 134 valence electrons. The van der Waals surface area contributed by atoms with Crippen LogP contribution in [0, 0.1) is 5.82 Å². The maximum atomic E-state index is 14.0. The average Bonchev–Trinajstić information content (AvgIpc) is 2.96. The highest BCUT2D eigenvalue weighted by atomic mass is 19.1. The molecule has 0 fully saturated rings. The van der Waals surface area contributed by atoms with E-state index in [0.29, 0.717) is 29.0 Å². The second-order valence-electron chi connectivity index (χ2n) is 6.17. The molecule has 4 rings (SSSR count). The van der Waals surface area contributed by atoms with Crippen molar-refractivity contribution in [1.82, 2.24) is 0 Å². The number of carbonyl (C=O) groups excluding carboxylic acids is 2. The Kier molecular flexibility index (Phi) is 4.20. The van der Waals surface area contributed by atoms with E-state index < -0.39 is 11.7 Å². The van der Waals surface area contributed by atoms with E-state index in [-0.39, 0.29) is 11.5 Å². The van der Waals surface area contributed by atoms with Gasteiger partial charge in [-0.3, -0.25) is 9.59 Å². The number of hydrogen-bond acceptors (Lipinski definition) is 3. The van der Waals surface area contributed by atoms with Crippen molar-refractivity contribution in [2.24, 2.45) is 0 Å². The van der Waals surface area contributed by atoms with Crippen LogP contribution in [0.2, 0.25) is 0 Å². The lowest BCUT2D eigenvalue weighted by molar-refractivity contribution is 0.102. The Bertz CT molecular complexity index is 1070. The van der Waals surface area contributed by atoms with Crippen LogP contribution in [0.15, 0.2) is 60.7 Å². The number of halogens is 1. The second-order valence-corrected chi connectivity index (χ2v) is 6.17. The molecular weight excluding hydrogens is 345 g/mol. The highest BCUT2D eigenvalue weighted by molar-refractivity contribution is 6.22. The molecule has 0 unspecified atom stereocenters. The highest BCUT2D eigenvalue weighted by Gasteiger charge is 2.27. The van der Waals surface area contributed by atoms with Crippen molar-refractivity contribution < 1.29 is 18.7 Å². The summed E-state index contributed by atoms with van der Waals surface area (Å²) in [5, 5.41) is 2.65. The van der Waals surface area contributed by atoms with Crippen LogP contribution in [0.5, 0.6) is 5.75 Å². The lowest BCUT2D eigenvalue weighted by atomic mass is 10.0. The predicted molar refractivity (Wildman–Crippen MR) is 101 cm³/mol. The number of carbonyl (C=O) groups is 2. The summed E-state index contributed by atoms with van der Waals surface area (Å²) in [5.41, 5.74) is 3.48. The Morgan fingerprint density at radius 2 is 1.70 bits per heavy atom. The Balaban J connectivity index is 1.59. The molecule has 27 heavy (non-hydrogen) atoms. The predicted octanol–water partition coefficient (Wildman–Crippen LogP) is 4.69. The summed E-state index contributed by atoms with van der Waals surface area (Å²) < 4.78 is 19.1. The van der Waals surface area contributed by atoms with E-state index >= 15 is 0 Å². The number of nitrogens with one attached hydrogen (secondary N) is 1. The van der Waals surface area contributed by atoms with Gasteiger partial charge in [0.05, 0.1) is 6.61 Å². The van der Waals surface area contributed by atoms with Crippen LogP contribution in [-0.4, -0.2) is 18.3 Å². The zero-order valence-electron chi connectivity index (χ0n) is 14.6. The molecule has 3 aromatic rings. The first-order valence-corrected chi connectivity index (χ1v) is 8.60. The van der Waals surface area contributed by atoms with Crippen molar-refractivity contribution >= 4 is 17.4 Å². The number of hydrogen-bond donors (Lipinski definition) is 1. The summed E-state index contributed by atoms with van der Waals surface area (Å²) in [4.78, 5) is 25.1. The molecule has 1 aliphatic rings. The van der Waals surface area contributed by atoms with Gasteiger partial charge in [-0.05, 0) is 42.3 Å². The van der Waals surface area contributed by atoms with E-state index in [1.807, 2.05) is 18.2 Å². The first-order valence-electron chi connectivity index (χ1n) is 8.60. The number of ether oxygens (including phenoxy) is 1. The Morgan fingerprint density at radius 1 is 0.963 bits per heavy atom. The quantitative estimate of drug-likeness (QED) is 0.574. The molecule has 5 heteroatoms. The number of amides is 1. The maximum absolute atomic E-state index is 14.0. The third kappa shape index (κ3) is 2.97. The van der Waals surface area contributed by atoms with Crippen molar-refractivity contribution in [3.63, 3.8) is 0 Å². The summed E-state index contributed by atoms with van der Waals surface area (Å²) in [5.74, 6) is -0.918. The van der Waals surface area contributed by atoms with E-state index in [2.05, 4.69) is 5.32 Å². The van der Waals surface area contributed by atoms with Crippen LogP contribution in [0.3, 0.4) is 0 Å². The number of anilines is 1. The monoisotopic (exact) mass is 361 g/mol. The molecule has 0 saturated carbocycles. The standard InChI is InChI=1S/C22H16FNO3/c1-2-27-20-10-8-14(12-19(20)23)24-22(26)13-7-9-16-15-5-3-4-6-17(15)21(25)18(16)11-13/h3-12H,2H2,1H3,(H,24,26). The number of benzene rings is 3. The van der Waals surface area contributed by atoms with Gasteiger partial charge in [-0.15, -0.1) is 0 Å². The summed E-state index contributed by atoms with van der Waals surface area (Å²) >= 11 is 0. The molecule has 1 amide bonds. The van der Waals surface area contributed by atoms with Crippen LogP contribution < -0.4 is 10.1 Å². The zero-order valence-corrected chi connectivity index (χ0v) is 14.6. The fraction of sp³-hybridized carbons (Fsp3) is 0.0909. The summed E-state index contributed by atoms with van der Waals surface area (Å²) in [6.07, 6.45) is 0. The minimum Gasteiger partial charge on any atom is -0.491 e. The molecule has 0 radical (unpaired) electrons. The third-order valence-corrected chi connectivity index (χ3v) is 4.48. The molecule has 0 saturated heterocycles. The van der Waals surface area contributed by atoms with Crippen molar-refractivity contribution in [1.29, 1.82) is 0 Å².